The van der Waals surface area contributed by atoms with Gasteiger partial charge in [-0.05, 0) is 37.1 Å². The fourth-order valence-electron chi connectivity index (χ4n) is 1.60. The van der Waals surface area contributed by atoms with Crippen LogP contribution in [0.25, 0.3) is 0 Å². The Hall–Kier alpha value is -0.410. The Morgan fingerprint density at radius 2 is 2.14 bits per heavy atom. The number of benzene rings is 1. The van der Waals surface area contributed by atoms with Crippen LogP contribution in [0, 0.1) is 5.82 Å². The quantitative estimate of drug-likeness (QED) is 0.276. The summed E-state index contributed by atoms with van der Waals surface area (Å²) in [5.74, 6) is 0.447. The average molecular weight is 474 g/mol. The summed E-state index contributed by atoms with van der Waals surface area (Å²) in [4.78, 5) is 4.12. The van der Waals surface area contributed by atoms with Gasteiger partial charge in [0.1, 0.15) is 5.82 Å². The van der Waals surface area contributed by atoms with Crippen LogP contribution in [0.4, 0.5) is 4.39 Å². The molecular formula is C14H22BrFIN3O. The molecule has 0 saturated heterocycles. The molecule has 7 heteroatoms. The van der Waals surface area contributed by atoms with Gasteiger partial charge < -0.3 is 15.4 Å². The molecule has 1 rings (SSSR count). The van der Waals surface area contributed by atoms with E-state index in [1.54, 1.807) is 13.1 Å². The molecule has 0 saturated carbocycles. The predicted octanol–water partition coefficient (Wildman–Crippen LogP) is 3.30. The van der Waals surface area contributed by atoms with Crippen LogP contribution in [0.15, 0.2) is 27.7 Å². The van der Waals surface area contributed by atoms with E-state index in [1.807, 2.05) is 6.92 Å². The van der Waals surface area contributed by atoms with Crippen molar-refractivity contribution in [1.82, 2.24) is 10.6 Å². The Labute approximate surface area is 151 Å². The maximum atomic E-state index is 13.2. The van der Waals surface area contributed by atoms with E-state index in [-0.39, 0.29) is 29.8 Å². The second-order valence-corrected chi connectivity index (χ2v) is 4.99. The Bertz CT molecular complexity index is 446. The van der Waals surface area contributed by atoms with E-state index in [4.69, 9.17) is 4.74 Å². The predicted molar refractivity (Wildman–Crippen MR) is 98.8 cm³/mol. The molecule has 2 N–H and O–H groups in total. The first kappa shape index (κ1) is 20.6. The minimum Gasteiger partial charge on any atom is -0.382 e. The lowest BCUT2D eigenvalue weighted by Gasteiger charge is -2.12. The van der Waals surface area contributed by atoms with Crippen LogP contribution in [0.5, 0.6) is 0 Å². The van der Waals surface area contributed by atoms with Crippen LogP contribution in [0.1, 0.15) is 18.9 Å². The first-order valence-corrected chi connectivity index (χ1v) is 7.42. The summed E-state index contributed by atoms with van der Waals surface area (Å²) >= 11 is 3.40. The second kappa shape index (κ2) is 12.2. The molecule has 0 aliphatic heterocycles. The number of guanidine groups is 1. The maximum Gasteiger partial charge on any atom is 0.191 e. The van der Waals surface area contributed by atoms with Crippen LogP contribution in [0.3, 0.4) is 0 Å². The van der Waals surface area contributed by atoms with E-state index >= 15 is 0 Å². The van der Waals surface area contributed by atoms with Crippen molar-refractivity contribution in [3.05, 3.63) is 34.1 Å². The number of nitrogens with zero attached hydrogens (tertiary/aromatic N) is 1. The zero-order chi connectivity index (χ0) is 14.8. The standard InChI is InChI=1S/C14H21BrFN3O.HI/c1-3-20-8-4-7-18-14(17-2)19-10-11-9-12(16)5-6-13(11)15;/h5-6,9H,3-4,7-8,10H2,1-2H3,(H2,17,18,19);1H. The van der Waals surface area contributed by atoms with Crippen LogP contribution >= 0.6 is 39.9 Å². The van der Waals surface area contributed by atoms with Crippen molar-refractivity contribution in [1.29, 1.82) is 0 Å². The molecule has 1 aromatic carbocycles. The number of rotatable bonds is 7. The van der Waals surface area contributed by atoms with E-state index < -0.39 is 0 Å². The molecule has 0 aromatic heterocycles. The first-order valence-electron chi connectivity index (χ1n) is 6.63. The highest BCUT2D eigenvalue weighted by Gasteiger charge is 2.03. The Morgan fingerprint density at radius 3 is 2.81 bits per heavy atom. The van der Waals surface area contributed by atoms with Gasteiger partial charge in [-0.3, -0.25) is 4.99 Å². The minimum atomic E-state index is -0.246. The topological polar surface area (TPSA) is 45.6 Å². The number of halogens is 3. The molecule has 0 aliphatic rings. The van der Waals surface area contributed by atoms with Crippen molar-refractivity contribution >= 4 is 45.9 Å². The zero-order valence-corrected chi connectivity index (χ0v) is 16.2. The SMILES string of the molecule is CCOCCCNC(=NC)NCc1cc(F)ccc1Br.I. The first-order chi connectivity index (χ1) is 9.67. The van der Waals surface area contributed by atoms with Gasteiger partial charge in [-0.1, -0.05) is 15.9 Å². The van der Waals surface area contributed by atoms with Gasteiger partial charge in [0.05, 0.1) is 0 Å². The average Bonchev–Trinajstić information content (AvgIpc) is 2.45. The maximum absolute atomic E-state index is 13.2. The molecule has 120 valence electrons. The summed E-state index contributed by atoms with van der Waals surface area (Å²) in [6, 6.07) is 4.62. The molecule has 4 nitrogen and oxygen atoms in total. The van der Waals surface area contributed by atoms with Gasteiger partial charge in [0.25, 0.3) is 0 Å². The minimum absolute atomic E-state index is 0. The highest BCUT2D eigenvalue weighted by molar-refractivity contribution is 14.0. The molecule has 0 fully saturated rings. The third-order valence-corrected chi connectivity index (χ3v) is 3.41. The molecule has 0 spiro atoms. The van der Waals surface area contributed by atoms with Crippen LogP contribution in [-0.4, -0.2) is 32.8 Å². The van der Waals surface area contributed by atoms with Gasteiger partial charge in [0.15, 0.2) is 5.96 Å². The van der Waals surface area contributed by atoms with Gasteiger partial charge in [-0.25, -0.2) is 4.39 Å². The monoisotopic (exact) mass is 473 g/mol. The van der Waals surface area contributed by atoms with E-state index in [2.05, 4.69) is 31.6 Å². The largest absolute Gasteiger partial charge is 0.382 e. The van der Waals surface area contributed by atoms with E-state index in [9.17, 15) is 4.39 Å². The fraction of sp³-hybridized carbons (Fsp3) is 0.500. The van der Waals surface area contributed by atoms with Gasteiger partial charge in [0, 0.05) is 37.8 Å². The van der Waals surface area contributed by atoms with Gasteiger partial charge in [0.2, 0.25) is 0 Å². The summed E-state index contributed by atoms with van der Waals surface area (Å²) in [7, 11) is 1.71. The van der Waals surface area contributed by atoms with Crippen molar-refractivity contribution in [3.8, 4) is 0 Å². The number of nitrogens with one attached hydrogen (secondary N) is 2. The third-order valence-electron chi connectivity index (χ3n) is 2.64. The third kappa shape index (κ3) is 8.57. The molecule has 21 heavy (non-hydrogen) atoms. The van der Waals surface area contributed by atoms with Crippen LogP contribution < -0.4 is 10.6 Å². The lowest BCUT2D eigenvalue weighted by molar-refractivity contribution is 0.145. The number of hydrogen-bond donors (Lipinski definition) is 2. The second-order valence-electron chi connectivity index (χ2n) is 4.14. The Balaban J connectivity index is 0.00000400. The van der Waals surface area contributed by atoms with Gasteiger partial charge in [-0.2, -0.15) is 0 Å². The summed E-state index contributed by atoms with van der Waals surface area (Å²) in [5.41, 5.74) is 0.849. The molecule has 0 unspecified atom stereocenters. The summed E-state index contributed by atoms with van der Waals surface area (Å²) < 4.78 is 19.3. The normalized spacial score (nSPS) is 11.0. The molecule has 0 atom stereocenters. The molecule has 0 aliphatic carbocycles. The summed E-state index contributed by atoms with van der Waals surface area (Å²) in [6.45, 7) is 4.73. The highest BCUT2D eigenvalue weighted by atomic mass is 127. The van der Waals surface area contributed by atoms with Crippen molar-refractivity contribution in [2.24, 2.45) is 4.99 Å². The summed E-state index contributed by atoms with van der Waals surface area (Å²) in [5, 5.41) is 6.33. The van der Waals surface area contributed by atoms with Gasteiger partial charge >= 0.3 is 0 Å². The number of aliphatic imine (C=N–C) groups is 1. The molecule has 0 amide bonds. The van der Waals surface area contributed by atoms with Crippen molar-refractivity contribution in [3.63, 3.8) is 0 Å². The van der Waals surface area contributed by atoms with Crippen molar-refractivity contribution < 1.29 is 9.13 Å². The van der Waals surface area contributed by atoms with Crippen molar-refractivity contribution in [2.45, 2.75) is 19.9 Å². The lowest BCUT2D eigenvalue weighted by atomic mass is 10.2. The Kier molecular flexibility index (Phi) is 11.9. The van der Waals surface area contributed by atoms with Crippen LogP contribution in [0.2, 0.25) is 0 Å². The molecule has 0 heterocycles. The molecule has 0 bridgehead atoms. The zero-order valence-electron chi connectivity index (χ0n) is 12.3. The fourth-order valence-corrected chi connectivity index (χ4v) is 1.99. The lowest BCUT2D eigenvalue weighted by Crippen LogP contribution is -2.37. The van der Waals surface area contributed by atoms with E-state index in [1.165, 1.54) is 12.1 Å². The Morgan fingerprint density at radius 1 is 1.38 bits per heavy atom. The van der Waals surface area contributed by atoms with E-state index in [0.29, 0.717) is 12.5 Å². The smallest absolute Gasteiger partial charge is 0.191 e. The van der Waals surface area contributed by atoms with Crippen molar-refractivity contribution in [2.75, 3.05) is 26.8 Å². The number of hydrogen-bond acceptors (Lipinski definition) is 2. The number of ether oxygens (including phenoxy) is 1. The van der Waals surface area contributed by atoms with E-state index in [0.717, 1.165) is 36.2 Å². The molecule has 0 radical (unpaired) electrons. The highest BCUT2D eigenvalue weighted by Crippen LogP contribution is 2.17. The van der Waals surface area contributed by atoms with Gasteiger partial charge in [-0.15, -0.1) is 24.0 Å². The summed E-state index contributed by atoms with van der Waals surface area (Å²) in [6.07, 6.45) is 0.915. The molecular weight excluding hydrogens is 452 g/mol. The van der Waals surface area contributed by atoms with Crippen LogP contribution in [-0.2, 0) is 11.3 Å². The molecule has 1 aromatic rings.